The van der Waals surface area contributed by atoms with Gasteiger partial charge in [0.25, 0.3) is 0 Å². The molecule has 5 heteroatoms. The summed E-state index contributed by atoms with van der Waals surface area (Å²) in [6, 6.07) is 7.06. The maximum absolute atomic E-state index is 11.1. The summed E-state index contributed by atoms with van der Waals surface area (Å²) in [5.74, 6) is -0.0117. The average molecular weight is 247 g/mol. The Morgan fingerprint density at radius 3 is 2.61 bits per heavy atom. The van der Waals surface area contributed by atoms with Gasteiger partial charge in [0.05, 0.1) is 6.61 Å². The molecular weight excluding hydrogens is 234 g/mol. The number of benzene rings is 1. The first-order valence-corrected chi connectivity index (χ1v) is 5.56. The highest BCUT2D eigenvalue weighted by Crippen LogP contribution is 2.26. The molecule has 0 unspecified atom stereocenters. The topological polar surface area (TPSA) is 72.6 Å². The van der Waals surface area contributed by atoms with E-state index < -0.39 is 5.97 Å². The molecule has 0 bridgehead atoms. The number of ether oxygens (including phenoxy) is 1. The second-order valence-electron chi connectivity index (χ2n) is 3.72. The van der Waals surface area contributed by atoms with Gasteiger partial charge < -0.3 is 14.4 Å². The molecule has 0 aliphatic carbocycles. The van der Waals surface area contributed by atoms with E-state index in [0.29, 0.717) is 23.6 Å². The summed E-state index contributed by atoms with van der Waals surface area (Å²) in [5.41, 5.74) is 1.12. The molecule has 0 aliphatic heterocycles. The van der Waals surface area contributed by atoms with Crippen molar-refractivity contribution in [1.29, 1.82) is 0 Å². The van der Waals surface area contributed by atoms with E-state index in [1.165, 1.54) is 0 Å². The maximum atomic E-state index is 11.1. The fraction of sp³-hybridized carbons (Fsp3) is 0.231. The van der Waals surface area contributed by atoms with Gasteiger partial charge in [-0.15, -0.1) is 0 Å². The highest BCUT2D eigenvalue weighted by atomic mass is 16.5. The third-order valence-electron chi connectivity index (χ3n) is 2.52. The van der Waals surface area contributed by atoms with Crippen molar-refractivity contribution in [1.82, 2.24) is 5.16 Å². The zero-order chi connectivity index (χ0) is 13.1. The van der Waals surface area contributed by atoms with Gasteiger partial charge in [-0.2, -0.15) is 0 Å². The number of carboxylic acid groups (broad SMARTS) is 1. The molecule has 0 radical (unpaired) electrons. The van der Waals surface area contributed by atoms with Crippen LogP contribution in [0.5, 0.6) is 5.75 Å². The number of nitrogens with zero attached hydrogens (tertiary/aromatic N) is 1. The average Bonchev–Trinajstić information content (AvgIpc) is 2.73. The fourth-order valence-corrected chi connectivity index (χ4v) is 1.70. The summed E-state index contributed by atoms with van der Waals surface area (Å²) in [6.45, 7) is 4.06. The number of aromatic carboxylic acids is 1. The van der Waals surface area contributed by atoms with E-state index >= 15 is 0 Å². The molecule has 0 saturated heterocycles. The Bertz CT molecular complexity index is 557. The highest BCUT2D eigenvalue weighted by molar-refractivity contribution is 5.95. The van der Waals surface area contributed by atoms with E-state index in [1.54, 1.807) is 31.2 Å². The second kappa shape index (κ2) is 4.91. The van der Waals surface area contributed by atoms with Crippen LogP contribution in [0.4, 0.5) is 0 Å². The summed E-state index contributed by atoms with van der Waals surface area (Å²) in [6.07, 6.45) is 0. The van der Waals surface area contributed by atoms with Crippen LogP contribution in [0.15, 0.2) is 28.8 Å². The molecular formula is C13H13NO4. The molecule has 1 N–H and O–H groups in total. The minimum Gasteiger partial charge on any atom is -0.494 e. The van der Waals surface area contributed by atoms with Crippen LogP contribution in [-0.4, -0.2) is 22.8 Å². The van der Waals surface area contributed by atoms with Crippen LogP contribution in [0, 0.1) is 6.92 Å². The summed E-state index contributed by atoms with van der Waals surface area (Å²) in [5, 5.41) is 12.9. The Morgan fingerprint density at radius 2 is 2.06 bits per heavy atom. The lowest BCUT2D eigenvalue weighted by Gasteiger charge is -2.03. The van der Waals surface area contributed by atoms with E-state index in [1.807, 2.05) is 6.92 Å². The largest absolute Gasteiger partial charge is 0.494 e. The van der Waals surface area contributed by atoms with Gasteiger partial charge in [-0.1, -0.05) is 5.16 Å². The second-order valence-corrected chi connectivity index (χ2v) is 3.72. The maximum Gasteiger partial charge on any atom is 0.341 e. The zero-order valence-corrected chi connectivity index (χ0v) is 10.1. The molecule has 0 fully saturated rings. The lowest BCUT2D eigenvalue weighted by Crippen LogP contribution is -1.99. The lowest BCUT2D eigenvalue weighted by atomic mass is 10.1. The number of aromatic nitrogens is 1. The fourth-order valence-electron chi connectivity index (χ4n) is 1.70. The van der Waals surface area contributed by atoms with Crippen molar-refractivity contribution in [3.05, 3.63) is 35.6 Å². The third kappa shape index (κ3) is 2.20. The van der Waals surface area contributed by atoms with Gasteiger partial charge in [-0.05, 0) is 38.1 Å². The Balaban J connectivity index is 2.40. The van der Waals surface area contributed by atoms with E-state index in [-0.39, 0.29) is 5.56 Å². The Kier molecular flexibility index (Phi) is 3.32. The summed E-state index contributed by atoms with van der Waals surface area (Å²) in [4.78, 5) is 11.1. The van der Waals surface area contributed by atoms with E-state index in [0.717, 1.165) is 5.75 Å². The normalized spacial score (nSPS) is 10.3. The summed E-state index contributed by atoms with van der Waals surface area (Å²) in [7, 11) is 0. The minimum absolute atomic E-state index is 0.0964. The van der Waals surface area contributed by atoms with Crippen LogP contribution >= 0.6 is 0 Å². The van der Waals surface area contributed by atoms with Gasteiger partial charge in [-0.3, -0.25) is 0 Å². The number of hydrogen-bond donors (Lipinski definition) is 1. The molecule has 0 atom stereocenters. The Hall–Kier alpha value is -2.30. The van der Waals surface area contributed by atoms with Gasteiger partial charge in [0.1, 0.15) is 22.8 Å². The molecule has 1 aromatic heterocycles. The Labute approximate surface area is 104 Å². The predicted molar refractivity (Wildman–Crippen MR) is 64.8 cm³/mol. The lowest BCUT2D eigenvalue weighted by molar-refractivity contribution is 0.0696. The van der Waals surface area contributed by atoms with Crippen molar-refractivity contribution >= 4 is 5.97 Å². The van der Waals surface area contributed by atoms with Crippen LogP contribution in [0.3, 0.4) is 0 Å². The number of carboxylic acids is 1. The van der Waals surface area contributed by atoms with Crippen molar-refractivity contribution in [3.63, 3.8) is 0 Å². The van der Waals surface area contributed by atoms with Gasteiger partial charge in [0, 0.05) is 5.56 Å². The van der Waals surface area contributed by atoms with Crippen molar-refractivity contribution < 1.29 is 19.2 Å². The minimum atomic E-state index is -1.04. The first kappa shape index (κ1) is 12.2. The molecule has 0 aliphatic rings. The molecule has 0 amide bonds. The van der Waals surface area contributed by atoms with E-state index in [2.05, 4.69) is 5.16 Å². The quantitative estimate of drug-likeness (QED) is 0.899. The van der Waals surface area contributed by atoms with Crippen LogP contribution < -0.4 is 4.74 Å². The SMILES string of the molecule is CCOc1ccc(-c2noc(C)c2C(=O)O)cc1. The van der Waals surface area contributed by atoms with Gasteiger partial charge >= 0.3 is 5.97 Å². The van der Waals surface area contributed by atoms with Crippen molar-refractivity contribution in [2.45, 2.75) is 13.8 Å². The van der Waals surface area contributed by atoms with Crippen LogP contribution in [-0.2, 0) is 0 Å². The predicted octanol–water partition coefficient (Wildman–Crippen LogP) is 2.75. The van der Waals surface area contributed by atoms with Crippen LogP contribution in [0.2, 0.25) is 0 Å². The molecule has 0 spiro atoms. The third-order valence-corrected chi connectivity index (χ3v) is 2.52. The Morgan fingerprint density at radius 1 is 1.39 bits per heavy atom. The van der Waals surface area contributed by atoms with Gasteiger partial charge in [-0.25, -0.2) is 4.79 Å². The molecule has 1 heterocycles. The highest BCUT2D eigenvalue weighted by Gasteiger charge is 2.20. The number of aryl methyl sites for hydroxylation is 1. The molecule has 2 rings (SSSR count). The van der Waals surface area contributed by atoms with Crippen molar-refractivity contribution in [3.8, 4) is 17.0 Å². The van der Waals surface area contributed by atoms with E-state index in [9.17, 15) is 4.79 Å². The number of carbonyl (C=O) groups is 1. The molecule has 1 aromatic carbocycles. The van der Waals surface area contributed by atoms with Crippen LogP contribution in [0.1, 0.15) is 23.0 Å². The number of hydrogen-bond acceptors (Lipinski definition) is 4. The molecule has 5 nitrogen and oxygen atoms in total. The smallest absolute Gasteiger partial charge is 0.341 e. The van der Waals surface area contributed by atoms with Gasteiger partial charge in [0.15, 0.2) is 0 Å². The molecule has 18 heavy (non-hydrogen) atoms. The molecule has 0 saturated carbocycles. The summed E-state index contributed by atoms with van der Waals surface area (Å²) < 4.78 is 10.2. The molecule has 2 aromatic rings. The van der Waals surface area contributed by atoms with Crippen molar-refractivity contribution in [2.75, 3.05) is 6.61 Å². The van der Waals surface area contributed by atoms with Gasteiger partial charge in [0.2, 0.25) is 0 Å². The van der Waals surface area contributed by atoms with Crippen LogP contribution in [0.25, 0.3) is 11.3 Å². The zero-order valence-electron chi connectivity index (χ0n) is 10.1. The molecule has 94 valence electrons. The standard InChI is InChI=1S/C13H13NO4/c1-3-17-10-6-4-9(5-7-10)12-11(13(15)16)8(2)18-14-12/h4-7H,3H2,1-2H3,(H,15,16). The number of rotatable bonds is 4. The first-order chi connectivity index (χ1) is 8.63. The van der Waals surface area contributed by atoms with Crippen molar-refractivity contribution in [2.24, 2.45) is 0 Å². The van der Waals surface area contributed by atoms with E-state index in [4.69, 9.17) is 14.4 Å². The monoisotopic (exact) mass is 247 g/mol. The summed E-state index contributed by atoms with van der Waals surface area (Å²) >= 11 is 0. The first-order valence-electron chi connectivity index (χ1n) is 5.56.